The molecular weight excluding hydrogens is 214 g/mol. The van der Waals surface area contributed by atoms with Crippen LogP contribution in [-0.4, -0.2) is 54.1 Å². The summed E-state index contributed by atoms with van der Waals surface area (Å²) in [6.07, 6.45) is 1.82. The van der Waals surface area contributed by atoms with Gasteiger partial charge in [-0.05, 0) is 27.0 Å². The molecule has 1 aromatic rings. The maximum absolute atomic E-state index is 4.55. The predicted molar refractivity (Wildman–Crippen MR) is 70.5 cm³/mol. The summed E-state index contributed by atoms with van der Waals surface area (Å²) in [6.45, 7) is 8.34. The molecule has 94 valence electrons. The van der Waals surface area contributed by atoms with Crippen molar-refractivity contribution in [1.29, 1.82) is 0 Å². The lowest BCUT2D eigenvalue weighted by molar-refractivity contribution is 0.274. The molecule has 0 bridgehead atoms. The molecule has 0 radical (unpaired) electrons. The monoisotopic (exact) mass is 235 g/mol. The molecule has 5 nitrogen and oxygen atoms in total. The van der Waals surface area contributed by atoms with E-state index in [-0.39, 0.29) is 0 Å². The first-order valence-electron chi connectivity index (χ1n) is 6.22. The van der Waals surface area contributed by atoms with Crippen molar-refractivity contribution in [2.75, 3.05) is 43.4 Å². The number of hydrogen-bond acceptors (Lipinski definition) is 5. The van der Waals surface area contributed by atoms with Crippen molar-refractivity contribution in [2.24, 2.45) is 0 Å². The third-order valence-electron chi connectivity index (χ3n) is 3.10. The Hall–Kier alpha value is -1.36. The summed E-state index contributed by atoms with van der Waals surface area (Å²) in [5.41, 5.74) is 0. The van der Waals surface area contributed by atoms with E-state index in [0.717, 1.165) is 37.9 Å². The number of anilines is 2. The number of rotatable bonds is 3. The molecule has 1 unspecified atom stereocenters. The van der Waals surface area contributed by atoms with Crippen molar-refractivity contribution in [1.82, 2.24) is 14.9 Å². The van der Waals surface area contributed by atoms with Crippen molar-refractivity contribution in [2.45, 2.75) is 19.9 Å². The van der Waals surface area contributed by atoms with Gasteiger partial charge in [0, 0.05) is 38.4 Å². The number of hydrogen-bond donors (Lipinski definition) is 1. The third kappa shape index (κ3) is 2.85. The molecule has 0 saturated carbocycles. The van der Waals surface area contributed by atoms with Crippen LogP contribution in [0.15, 0.2) is 12.3 Å². The van der Waals surface area contributed by atoms with Crippen LogP contribution in [0.4, 0.5) is 11.8 Å². The zero-order chi connectivity index (χ0) is 12.3. The fourth-order valence-corrected chi connectivity index (χ4v) is 2.23. The lowest BCUT2D eigenvalue weighted by atomic mass is 10.2. The van der Waals surface area contributed by atoms with Crippen LogP contribution in [0.1, 0.15) is 13.8 Å². The highest BCUT2D eigenvalue weighted by atomic mass is 15.3. The van der Waals surface area contributed by atoms with E-state index >= 15 is 0 Å². The minimum absolute atomic E-state index is 0.498. The van der Waals surface area contributed by atoms with Crippen molar-refractivity contribution < 1.29 is 0 Å². The fraction of sp³-hybridized carbons (Fsp3) is 0.667. The Bertz CT molecular complexity index is 368. The molecule has 2 heterocycles. The molecule has 1 aliphatic heterocycles. The quantitative estimate of drug-likeness (QED) is 0.848. The maximum Gasteiger partial charge on any atom is 0.224 e. The summed E-state index contributed by atoms with van der Waals surface area (Å²) in [7, 11) is 2.16. The predicted octanol–water partition coefficient (Wildman–Crippen LogP) is 1.05. The molecule has 1 atom stereocenters. The van der Waals surface area contributed by atoms with E-state index in [9.17, 15) is 0 Å². The van der Waals surface area contributed by atoms with E-state index in [4.69, 9.17) is 0 Å². The molecule has 1 aliphatic rings. The van der Waals surface area contributed by atoms with Gasteiger partial charge in [-0.25, -0.2) is 4.98 Å². The minimum Gasteiger partial charge on any atom is -0.354 e. The summed E-state index contributed by atoms with van der Waals surface area (Å²) >= 11 is 0. The van der Waals surface area contributed by atoms with Crippen molar-refractivity contribution in [3.8, 4) is 0 Å². The highest BCUT2D eigenvalue weighted by molar-refractivity contribution is 5.44. The number of piperazine rings is 1. The van der Waals surface area contributed by atoms with E-state index in [1.54, 1.807) is 0 Å². The summed E-state index contributed by atoms with van der Waals surface area (Å²) in [6, 6.07) is 2.49. The van der Waals surface area contributed by atoms with Gasteiger partial charge in [0.2, 0.25) is 5.95 Å². The molecule has 1 N–H and O–H groups in total. The first-order valence-corrected chi connectivity index (χ1v) is 6.22. The highest BCUT2D eigenvalue weighted by Gasteiger charge is 2.22. The number of nitrogens with zero attached hydrogens (tertiary/aromatic N) is 4. The van der Waals surface area contributed by atoms with Gasteiger partial charge in [-0.3, -0.25) is 0 Å². The van der Waals surface area contributed by atoms with E-state index < -0.39 is 0 Å². The van der Waals surface area contributed by atoms with Gasteiger partial charge < -0.3 is 15.1 Å². The molecule has 5 heteroatoms. The topological polar surface area (TPSA) is 44.3 Å². The van der Waals surface area contributed by atoms with Gasteiger partial charge in [-0.1, -0.05) is 0 Å². The van der Waals surface area contributed by atoms with Crippen LogP contribution < -0.4 is 10.2 Å². The van der Waals surface area contributed by atoms with Crippen molar-refractivity contribution in [3.05, 3.63) is 12.3 Å². The largest absolute Gasteiger partial charge is 0.354 e. The van der Waals surface area contributed by atoms with Gasteiger partial charge in [0.05, 0.1) is 0 Å². The normalized spacial score (nSPS) is 21.6. The van der Waals surface area contributed by atoms with E-state index in [1.807, 2.05) is 12.3 Å². The summed E-state index contributed by atoms with van der Waals surface area (Å²) in [4.78, 5) is 13.5. The zero-order valence-electron chi connectivity index (χ0n) is 10.8. The highest BCUT2D eigenvalue weighted by Crippen LogP contribution is 2.18. The summed E-state index contributed by atoms with van der Waals surface area (Å²) in [5.74, 6) is 1.74. The number of nitrogens with one attached hydrogen (secondary N) is 1. The van der Waals surface area contributed by atoms with Crippen LogP contribution in [0.2, 0.25) is 0 Å². The van der Waals surface area contributed by atoms with E-state index in [1.165, 1.54) is 0 Å². The lowest BCUT2D eigenvalue weighted by Gasteiger charge is -2.39. The molecule has 1 fully saturated rings. The van der Waals surface area contributed by atoms with Gasteiger partial charge >= 0.3 is 0 Å². The first-order chi connectivity index (χ1) is 8.20. The van der Waals surface area contributed by atoms with Crippen LogP contribution in [0.3, 0.4) is 0 Å². The van der Waals surface area contributed by atoms with Crippen LogP contribution in [-0.2, 0) is 0 Å². The Morgan fingerprint density at radius 2 is 2.29 bits per heavy atom. The van der Waals surface area contributed by atoms with Gasteiger partial charge in [-0.15, -0.1) is 0 Å². The second-order valence-corrected chi connectivity index (χ2v) is 4.57. The first kappa shape index (κ1) is 12.1. The van der Waals surface area contributed by atoms with Gasteiger partial charge in [0.25, 0.3) is 0 Å². The molecule has 0 amide bonds. The molecule has 0 aliphatic carbocycles. The molecule has 2 rings (SSSR count). The molecule has 1 aromatic heterocycles. The maximum atomic E-state index is 4.55. The van der Waals surface area contributed by atoms with Gasteiger partial charge in [0.1, 0.15) is 5.82 Å². The SMILES string of the molecule is CCNc1nccc(N2CCN(C)CC2C)n1. The fourth-order valence-electron chi connectivity index (χ4n) is 2.23. The van der Waals surface area contributed by atoms with Crippen LogP contribution in [0, 0.1) is 0 Å². The lowest BCUT2D eigenvalue weighted by Crippen LogP contribution is -2.50. The Labute approximate surface area is 103 Å². The van der Waals surface area contributed by atoms with Crippen molar-refractivity contribution >= 4 is 11.8 Å². The molecule has 1 saturated heterocycles. The Morgan fingerprint density at radius 3 is 3.00 bits per heavy atom. The van der Waals surface area contributed by atoms with Gasteiger partial charge in [0.15, 0.2) is 0 Å². The van der Waals surface area contributed by atoms with Crippen LogP contribution in [0.5, 0.6) is 0 Å². The second kappa shape index (κ2) is 5.31. The Kier molecular flexibility index (Phi) is 3.78. The van der Waals surface area contributed by atoms with E-state index in [0.29, 0.717) is 6.04 Å². The summed E-state index contributed by atoms with van der Waals surface area (Å²) in [5, 5.41) is 3.15. The van der Waals surface area contributed by atoms with Crippen LogP contribution >= 0.6 is 0 Å². The number of aromatic nitrogens is 2. The second-order valence-electron chi connectivity index (χ2n) is 4.57. The minimum atomic E-state index is 0.498. The molecule has 0 aromatic carbocycles. The zero-order valence-corrected chi connectivity index (χ0v) is 10.8. The average Bonchev–Trinajstić information content (AvgIpc) is 2.29. The van der Waals surface area contributed by atoms with E-state index in [2.05, 4.69) is 46.0 Å². The van der Waals surface area contributed by atoms with Crippen LogP contribution in [0.25, 0.3) is 0 Å². The number of likely N-dealkylation sites (N-methyl/N-ethyl adjacent to an activating group) is 1. The molecule has 17 heavy (non-hydrogen) atoms. The average molecular weight is 235 g/mol. The van der Waals surface area contributed by atoms with Gasteiger partial charge in [-0.2, -0.15) is 4.98 Å². The van der Waals surface area contributed by atoms with Crippen molar-refractivity contribution in [3.63, 3.8) is 0 Å². The Morgan fingerprint density at radius 1 is 1.47 bits per heavy atom. The third-order valence-corrected chi connectivity index (χ3v) is 3.10. The standard InChI is InChI=1S/C12H21N5/c1-4-13-12-14-6-5-11(15-12)17-8-7-16(3)9-10(17)2/h5-6,10H,4,7-9H2,1-3H3,(H,13,14,15). The smallest absolute Gasteiger partial charge is 0.224 e. The summed E-state index contributed by atoms with van der Waals surface area (Å²) < 4.78 is 0. The Balaban J connectivity index is 2.13. The molecule has 0 spiro atoms. The molecular formula is C12H21N5.